The first kappa shape index (κ1) is 22.3. The van der Waals surface area contributed by atoms with Crippen LogP contribution in [-0.2, 0) is 0 Å². The number of nitriles is 1. The van der Waals surface area contributed by atoms with E-state index in [1.54, 1.807) is 0 Å². The SMILES string of the molecule is CCCCCCCCCOc1ccc(-c2cnc(C3CCC(C#N)CC3)nc2)cc1. The fourth-order valence-electron chi connectivity index (χ4n) is 4.17. The highest BCUT2D eigenvalue weighted by Crippen LogP contribution is 2.34. The lowest BCUT2D eigenvalue weighted by atomic mass is 9.82. The number of rotatable bonds is 11. The molecule has 1 saturated carbocycles. The molecule has 4 heteroatoms. The maximum absolute atomic E-state index is 9.05. The quantitative estimate of drug-likeness (QED) is 0.375. The Labute approximate surface area is 181 Å². The minimum absolute atomic E-state index is 0.215. The van der Waals surface area contributed by atoms with Crippen molar-refractivity contribution in [3.05, 3.63) is 42.5 Å². The van der Waals surface area contributed by atoms with Crippen molar-refractivity contribution in [2.75, 3.05) is 6.61 Å². The lowest BCUT2D eigenvalue weighted by Gasteiger charge is -2.23. The van der Waals surface area contributed by atoms with Gasteiger partial charge >= 0.3 is 0 Å². The van der Waals surface area contributed by atoms with Crippen molar-refractivity contribution in [1.29, 1.82) is 5.26 Å². The number of ether oxygens (including phenoxy) is 1. The number of unbranched alkanes of at least 4 members (excludes halogenated alkanes) is 6. The van der Waals surface area contributed by atoms with Gasteiger partial charge in [-0.1, -0.05) is 57.6 Å². The molecule has 4 nitrogen and oxygen atoms in total. The highest BCUT2D eigenvalue weighted by molar-refractivity contribution is 5.62. The first-order chi connectivity index (χ1) is 14.8. The Balaban J connectivity index is 1.42. The van der Waals surface area contributed by atoms with Gasteiger partial charge in [0.15, 0.2) is 0 Å². The van der Waals surface area contributed by atoms with Crippen LogP contribution in [0.2, 0.25) is 0 Å². The Morgan fingerprint density at radius 3 is 2.13 bits per heavy atom. The van der Waals surface area contributed by atoms with Crippen molar-refractivity contribution in [2.45, 2.75) is 83.5 Å². The zero-order valence-electron chi connectivity index (χ0n) is 18.4. The molecule has 1 aliphatic carbocycles. The van der Waals surface area contributed by atoms with Gasteiger partial charge in [-0.15, -0.1) is 0 Å². The van der Waals surface area contributed by atoms with Gasteiger partial charge in [-0.25, -0.2) is 9.97 Å². The summed E-state index contributed by atoms with van der Waals surface area (Å²) >= 11 is 0. The molecule has 1 aromatic carbocycles. The number of nitrogens with zero attached hydrogens (tertiary/aromatic N) is 3. The smallest absolute Gasteiger partial charge is 0.131 e. The van der Waals surface area contributed by atoms with Crippen LogP contribution in [0.15, 0.2) is 36.7 Å². The molecule has 0 bridgehead atoms. The third-order valence-electron chi connectivity index (χ3n) is 6.15. The van der Waals surface area contributed by atoms with Gasteiger partial charge in [0.2, 0.25) is 0 Å². The van der Waals surface area contributed by atoms with E-state index in [0.29, 0.717) is 5.92 Å². The van der Waals surface area contributed by atoms with Crippen molar-refractivity contribution in [3.63, 3.8) is 0 Å². The van der Waals surface area contributed by atoms with Gasteiger partial charge in [0.1, 0.15) is 11.6 Å². The van der Waals surface area contributed by atoms with Gasteiger partial charge < -0.3 is 4.74 Å². The second-order valence-electron chi connectivity index (χ2n) is 8.50. The topological polar surface area (TPSA) is 58.8 Å². The van der Waals surface area contributed by atoms with Crippen molar-refractivity contribution in [1.82, 2.24) is 9.97 Å². The maximum atomic E-state index is 9.05. The number of hydrogen-bond acceptors (Lipinski definition) is 4. The number of benzene rings is 1. The lowest BCUT2D eigenvalue weighted by Crippen LogP contribution is -2.14. The van der Waals surface area contributed by atoms with Crippen LogP contribution in [0.5, 0.6) is 5.75 Å². The minimum Gasteiger partial charge on any atom is -0.494 e. The van der Waals surface area contributed by atoms with Crippen LogP contribution in [0.4, 0.5) is 0 Å². The van der Waals surface area contributed by atoms with Crippen molar-refractivity contribution >= 4 is 0 Å². The molecule has 0 amide bonds. The van der Waals surface area contributed by atoms with Crippen LogP contribution in [-0.4, -0.2) is 16.6 Å². The summed E-state index contributed by atoms with van der Waals surface area (Å²) < 4.78 is 5.89. The summed E-state index contributed by atoms with van der Waals surface area (Å²) in [4.78, 5) is 9.25. The second kappa shape index (κ2) is 12.3. The Kier molecular flexibility index (Phi) is 9.15. The standard InChI is InChI=1S/C26H35N3O/c1-2-3-4-5-6-7-8-17-30-25-15-13-22(14-16-25)24-19-28-26(29-20-24)23-11-9-21(18-27)10-12-23/h13-16,19-21,23H,2-12,17H2,1H3. The van der Waals surface area contributed by atoms with Crippen LogP contribution in [0.1, 0.15) is 89.3 Å². The summed E-state index contributed by atoms with van der Waals surface area (Å²) in [5.74, 6) is 2.46. The first-order valence-electron chi connectivity index (χ1n) is 11.7. The fourth-order valence-corrected chi connectivity index (χ4v) is 4.17. The molecule has 0 spiro atoms. The molecule has 0 atom stereocenters. The van der Waals surface area contributed by atoms with Crippen LogP contribution in [0, 0.1) is 17.2 Å². The Bertz CT molecular complexity index is 771. The predicted molar refractivity (Wildman–Crippen MR) is 121 cm³/mol. The third-order valence-corrected chi connectivity index (χ3v) is 6.15. The van der Waals surface area contributed by atoms with Crippen LogP contribution >= 0.6 is 0 Å². The molecule has 30 heavy (non-hydrogen) atoms. The molecule has 0 N–H and O–H groups in total. The molecule has 1 fully saturated rings. The zero-order chi connectivity index (χ0) is 21.0. The van der Waals surface area contributed by atoms with Gasteiger partial charge in [-0.3, -0.25) is 0 Å². The van der Waals surface area contributed by atoms with Gasteiger partial charge in [-0.2, -0.15) is 5.26 Å². The molecule has 0 saturated heterocycles. The summed E-state index contributed by atoms with van der Waals surface area (Å²) in [6.07, 6.45) is 16.9. The van der Waals surface area contributed by atoms with E-state index in [0.717, 1.165) is 61.4 Å². The van der Waals surface area contributed by atoms with Gasteiger partial charge in [0, 0.05) is 29.8 Å². The van der Waals surface area contributed by atoms with E-state index in [4.69, 9.17) is 10.00 Å². The molecule has 0 unspecified atom stereocenters. The summed E-state index contributed by atoms with van der Waals surface area (Å²) in [5.41, 5.74) is 2.14. The van der Waals surface area contributed by atoms with E-state index in [9.17, 15) is 0 Å². The zero-order valence-corrected chi connectivity index (χ0v) is 18.4. The van der Waals surface area contributed by atoms with E-state index in [1.807, 2.05) is 24.5 Å². The maximum Gasteiger partial charge on any atom is 0.131 e. The van der Waals surface area contributed by atoms with Crippen molar-refractivity contribution < 1.29 is 4.74 Å². The normalized spacial score (nSPS) is 18.7. The Morgan fingerprint density at radius 1 is 0.867 bits per heavy atom. The van der Waals surface area contributed by atoms with Gasteiger partial charge in [-0.05, 0) is 49.8 Å². The minimum atomic E-state index is 0.215. The van der Waals surface area contributed by atoms with Crippen molar-refractivity contribution in [2.24, 2.45) is 5.92 Å². The highest BCUT2D eigenvalue weighted by atomic mass is 16.5. The molecule has 3 rings (SSSR count). The molecular formula is C26H35N3O. The molecule has 1 heterocycles. The molecule has 0 radical (unpaired) electrons. The predicted octanol–water partition coefficient (Wildman–Crippen LogP) is 7.07. The lowest BCUT2D eigenvalue weighted by molar-refractivity contribution is 0.304. The Hall–Kier alpha value is -2.41. The molecule has 0 aliphatic heterocycles. The van der Waals surface area contributed by atoms with E-state index < -0.39 is 0 Å². The summed E-state index contributed by atoms with van der Waals surface area (Å²) in [7, 11) is 0. The largest absolute Gasteiger partial charge is 0.494 e. The van der Waals surface area contributed by atoms with E-state index >= 15 is 0 Å². The van der Waals surface area contributed by atoms with Crippen LogP contribution in [0.25, 0.3) is 11.1 Å². The van der Waals surface area contributed by atoms with E-state index in [2.05, 4.69) is 35.1 Å². The Morgan fingerprint density at radius 2 is 1.50 bits per heavy atom. The molecule has 1 aromatic heterocycles. The monoisotopic (exact) mass is 405 g/mol. The second-order valence-corrected chi connectivity index (χ2v) is 8.50. The molecular weight excluding hydrogens is 370 g/mol. The fraction of sp³-hybridized carbons (Fsp3) is 0.577. The first-order valence-corrected chi connectivity index (χ1v) is 11.7. The molecule has 2 aromatic rings. The van der Waals surface area contributed by atoms with Crippen LogP contribution < -0.4 is 4.74 Å². The number of aromatic nitrogens is 2. The number of hydrogen-bond donors (Lipinski definition) is 0. The summed E-state index contributed by atoms with van der Waals surface area (Å²) in [6, 6.07) is 10.6. The summed E-state index contributed by atoms with van der Waals surface area (Å²) in [6.45, 7) is 3.05. The van der Waals surface area contributed by atoms with E-state index in [-0.39, 0.29) is 5.92 Å². The van der Waals surface area contributed by atoms with Crippen LogP contribution in [0.3, 0.4) is 0 Å². The average Bonchev–Trinajstić information content (AvgIpc) is 2.81. The third kappa shape index (κ3) is 6.83. The van der Waals surface area contributed by atoms with Crippen molar-refractivity contribution in [3.8, 4) is 22.9 Å². The van der Waals surface area contributed by atoms with Gasteiger partial charge in [0.25, 0.3) is 0 Å². The van der Waals surface area contributed by atoms with Gasteiger partial charge in [0.05, 0.1) is 12.7 Å². The highest BCUT2D eigenvalue weighted by Gasteiger charge is 2.23. The molecule has 160 valence electrons. The molecule has 1 aliphatic rings. The average molecular weight is 406 g/mol. The van der Waals surface area contributed by atoms with E-state index in [1.165, 1.54) is 38.5 Å². The summed E-state index contributed by atoms with van der Waals surface area (Å²) in [5, 5.41) is 9.05.